The topological polar surface area (TPSA) is 26.0 Å². The van der Waals surface area contributed by atoms with Crippen LogP contribution in [0.15, 0.2) is 12.3 Å². The Morgan fingerprint density at radius 2 is 2.29 bits per heavy atom. The Labute approximate surface area is 44.2 Å². The predicted octanol–water partition coefficient (Wildman–Crippen LogP) is 1.11. The third-order valence-electron chi connectivity index (χ3n) is 1.59. The van der Waals surface area contributed by atoms with Crippen molar-refractivity contribution >= 4 is 0 Å². The molecule has 1 heteroatoms. The van der Waals surface area contributed by atoms with Crippen molar-refractivity contribution in [2.45, 2.75) is 13.3 Å². The van der Waals surface area contributed by atoms with E-state index in [4.69, 9.17) is 5.73 Å². The van der Waals surface area contributed by atoms with Crippen molar-refractivity contribution in [1.29, 1.82) is 0 Å². The van der Waals surface area contributed by atoms with Gasteiger partial charge in [0, 0.05) is 11.6 Å². The van der Waals surface area contributed by atoms with Crippen LogP contribution >= 0.6 is 0 Å². The minimum absolute atomic E-state index is 0.653. The van der Waals surface area contributed by atoms with Gasteiger partial charge in [-0.25, -0.2) is 0 Å². The zero-order valence-corrected chi connectivity index (χ0v) is 4.65. The minimum atomic E-state index is 0.653. The Morgan fingerprint density at radius 1 is 1.86 bits per heavy atom. The van der Waals surface area contributed by atoms with Crippen LogP contribution in [0.5, 0.6) is 0 Å². The maximum Gasteiger partial charge on any atom is 0.00418 e. The van der Waals surface area contributed by atoms with Gasteiger partial charge in [-0.2, -0.15) is 0 Å². The van der Waals surface area contributed by atoms with Crippen molar-refractivity contribution in [1.82, 2.24) is 0 Å². The highest BCUT2D eigenvalue weighted by Gasteiger charge is 2.33. The lowest BCUT2D eigenvalue weighted by Gasteiger charge is -1.88. The second kappa shape index (κ2) is 1.25. The molecule has 2 N–H and O–H groups in total. The van der Waals surface area contributed by atoms with Gasteiger partial charge in [-0.3, -0.25) is 0 Å². The molecule has 0 spiro atoms. The van der Waals surface area contributed by atoms with Crippen molar-refractivity contribution in [3.05, 3.63) is 12.3 Å². The van der Waals surface area contributed by atoms with E-state index < -0.39 is 0 Å². The fraction of sp³-hybridized carbons (Fsp3) is 0.667. The molecule has 0 aliphatic heterocycles. The fourth-order valence-electron chi connectivity index (χ4n) is 0.839. The highest BCUT2D eigenvalue weighted by Crippen LogP contribution is 2.40. The summed E-state index contributed by atoms with van der Waals surface area (Å²) in [5.74, 6) is 1.47. The lowest BCUT2D eigenvalue weighted by Crippen LogP contribution is -1.96. The molecule has 2 atom stereocenters. The molecular weight excluding hydrogens is 86.1 g/mol. The molecule has 0 aromatic heterocycles. The van der Waals surface area contributed by atoms with E-state index in [9.17, 15) is 0 Å². The monoisotopic (exact) mass is 97.1 g/mol. The number of allylic oxidation sites excluding steroid dienone is 1. The van der Waals surface area contributed by atoms with Crippen LogP contribution in [0.3, 0.4) is 0 Å². The van der Waals surface area contributed by atoms with E-state index in [0.29, 0.717) is 5.92 Å². The molecule has 1 aliphatic rings. The molecule has 40 valence electrons. The molecule has 0 aromatic carbocycles. The van der Waals surface area contributed by atoms with Crippen LogP contribution in [0, 0.1) is 11.8 Å². The fourth-order valence-corrected chi connectivity index (χ4v) is 0.839. The maximum absolute atomic E-state index is 5.39. The first-order chi connectivity index (χ1) is 3.22. The van der Waals surface area contributed by atoms with Crippen LogP contribution in [-0.2, 0) is 0 Å². The number of hydrogen-bond acceptors (Lipinski definition) is 1. The SMILES string of the molecule is C=C(N)C1CC1C. The van der Waals surface area contributed by atoms with Crippen LogP contribution < -0.4 is 5.73 Å². The molecule has 1 aliphatic carbocycles. The van der Waals surface area contributed by atoms with E-state index in [1.807, 2.05) is 0 Å². The highest BCUT2D eigenvalue weighted by atomic mass is 14.6. The van der Waals surface area contributed by atoms with Crippen LogP contribution in [0.1, 0.15) is 13.3 Å². The van der Waals surface area contributed by atoms with Gasteiger partial charge in [0.15, 0.2) is 0 Å². The Kier molecular flexibility index (Phi) is 0.841. The van der Waals surface area contributed by atoms with E-state index >= 15 is 0 Å². The van der Waals surface area contributed by atoms with Crippen LogP contribution in [0.4, 0.5) is 0 Å². The summed E-state index contributed by atoms with van der Waals surface area (Å²) < 4.78 is 0. The van der Waals surface area contributed by atoms with E-state index in [2.05, 4.69) is 13.5 Å². The molecular formula is C6H11N. The largest absolute Gasteiger partial charge is 0.402 e. The summed E-state index contributed by atoms with van der Waals surface area (Å²) in [6.45, 7) is 5.84. The van der Waals surface area contributed by atoms with Gasteiger partial charge in [0.05, 0.1) is 0 Å². The van der Waals surface area contributed by atoms with Crippen LogP contribution in [0.2, 0.25) is 0 Å². The third-order valence-corrected chi connectivity index (χ3v) is 1.59. The van der Waals surface area contributed by atoms with E-state index in [1.54, 1.807) is 0 Å². The Hall–Kier alpha value is -0.460. The first-order valence-corrected chi connectivity index (χ1v) is 2.66. The molecule has 0 amide bonds. The van der Waals surface area contributed by atoms with Gasteiger partial charge in [0.2, 0.25) is 0 Å². The highest BCUT2D eigenvalue weighted by molar-refractivity contribution is 5.05. The second-order valence-corrected chi connectivity index (χ2v) is 2.39. The summed E-state index contributed by atoms with van der Waals surface area (Å²) in [7, 11) is 0. The molecule has 1 saturated carbocycles. The van der Waals surface area contributed by atoms with E-state index in [1.165, 1.54) is 6.42 Å². The molecule has 0 aromatic rings. The standard InChI is InChI=1S/C6H11N/c1-4-3-6(4)5(2)7/h4,6H,2-3,7H2,1H3. The first-order valence-electron chi connectivity index (χ1n) is 2.66. The third kappa shape index (κ3) is 0.763. The van der Waals surface area contributed by atoms with Gasteiger partial charge in [0.1, 0.15) is 0 Å². The van der Waals surface area contributed by atoms with Crippen LogP contribution in [-0.4, -0.2) is 0 Å². The van der Waals surface area contributed by atoms with Gasteiger partial charge in [-0.05, 0) is 12.3 Å². The Bertz CT molecular complexity index is 96.4. The van der Waals surface area contributed by atoms with Crippen molar-refractivity contribution < 1.29 is 0 Å². The first kappa shape index (κ1) is 4.69. The van der Waals surface area contributed by atoms with Crippen LogP contribution in [0.25, 0.3) is 0 Å². The Balaban J connectivity index is 2.33. The molecule has 0 heterocycles. The molecule has 0 saturated heterocycles. The minimum Gasteiger partial charge on any atom is -0.402 e. The molecule has 0 radical (unpaired) electrons. The number of rotatable bonds is 1. The Morgan fingerprint density at radius 3 is 2.29 bits per heavy atom. The van der Waals surface area contributed by atoms with E-state index in [0.717, 1.165) is 11.6 Å². The zero-order valence-electron chi connectivity index (χ0n) is 4.65. The lowest BCUT2D eigenvalue weighted by molar-refractivity contribution is 0.849. The van der Waals surface area contributed by atoms with Crippen molar-refractivity contribution in [2.75, 3.05) is 0 Å². The summed E-state index contributed by atoms with van der Waals surface area (Å²) in [6.07, 6.45) is 1.26. The average molecular weight is 97.2 g/mol. The summed E-state index contributed by atoms with van der Waals surface area (Å²) in [5, 5.41) is 0. The van der Waals surface area contributed by atoms with Crippen molar-refractivity contribution in [2.24, 2.45) is 17.6 Å². The molecule has 0 bridgehead atoms. The normalized spacial score (nSPS) is 37.9. The molecule has 1 rings (SSSR count). The molecule has 7 heavy (non-hydrogen) atoms. The van der Waals surface area contributed by atoms with Gasteiger partial charge in [-0.15, -0.1) is 0 Å². The zero-order chi connectivity index (χ0) is 5.44. The summed E-state index contributed by atoms with van der Waals surface area (Å²) in [5.41, 5.74) is 6.26. The smallest absolute Gasteiger partial charge is 0.00418 e. The van der Waals surface area contributed by atoms with Crippen molar-refractivity contribution in [3.8, 4) is 0 Å². The molecule has 2 unspecified atom stereocenters. The summed E-state index contributed by atoms with van der Waals surface area (Å²) in [6, 6.07) is 0. The summed E-state index contributed by atoms with van der Waals surface area (Å²) >= 11 is 0. The molecule has 1 fully saturated rings. The summed E-state index contributed by atoms with van der Waals surface area (Å²) in [4.78, 5) is 0. The van der Waals surface area contributed by atoms with Gasteiger partial charge < -0.3 is 5.73 Å². The van der Waals surface area contributed by atoms with E-state index in [-0.39, 0.29) is 0 Å². The quantitative estimate of drug-likeness (QED) is 0.521. The number of nitrogens with two attached hydrogens (primary N) is 1. The predicted molar refractivity (Wildman–Crippen MR) is 30.6 cm³/mol. The number of hydrogen-bond donors (Lipinski definition) is 1. The molecule has 1 nitrogen and oxygen atoms in total. The van der Waals surface area contributed by atoms with Gasteiger partial charge >= 0.3 is 0 Å². The average Bonchev–Trinajstić information content (AvgIpc) is 2.17. The maximum atomic E-state index is 5.39. The van der Waals surface area contributed by atoms with Crippen molar-refractivity contribution in [3.63, 3.8) is 0 Å². The second-order valence-electron chi connectivity index (χ2n) is 2.39. The lowest BCUT2D eigenvalue weighted by atomic mass is 10.3. The van der Waals surface area contributed by atoms with Gasteiger partial charge in [0.25, 0.3) is 0 Å². The van der Waals surface area contributed by atoms with Gasteiger partial charge in [-0.1, -0.05) is 13.5 Å².